The standard InChI is InChI=1S/C10H14N2O3S/c1-3-10(13)12-8-5-4-6-9(7-8)16(14,15)11-2/h4-7,11H,3H2,1-2H3,(H,12,13). The predicted molar refractivity (Wildman–Crippen MR) is 61.6 cm³/mol. The first-order valence-electron chi connectivity index (χ1n) is 4.83. The molecule has 88 valence electrons. The summed E-state index contributed by atoms with van der Waals surface area (Å²) in [6.45, 7) is 1.73. The molecule has 5 nitrogen and oxygen atoms in total. The van der Waals surface area contributed by atoms with E-state index in [1.165, 1.54) is 19.2 Å². The lowest BCUT2D eigenvalue weighted by atomic mass is 10.3. The van der Waals surface area contributed by atoms with Gasteiger partial charge in [0, 0.05) is 12.1 Å². The van der Waals surface area contributed by atoms with Gasteiger partial charge < -0.3 is 5.32 Å². The molecule has 0 fully saturated rings. The third kappa shape index (κ3) is 3.04. The van der Waals surface area contributed by atoms with Gasteiger partial charge in [-0.3, -0.25) is 4.79 Å². The molecular weight excluding hydrogens is 228 g/mol. The lowest BCUT2D eigenvalue weighted by Gasteiger charge is -2.06. The smallest absolute Gasteiger partial charge is 0.240 e. The molecule has 0 spiro atoms. The molecule has 1 amide bonds. The van der Waals surface area contributed by atoms with Gasteiger partial charge in [-0.1, -0.05) is 13.0 Å². The van der Waals surface area contributed by atoms with Gasteiger partial charge in [0.05, 0.1) is 4.90 Å². The molecule has 0 atom stereocenters. The van der Waals surface area contributed by atoms with Crippen LogP contribution >= 0.6 is 0 Å². The van der Waals surface area contributed by atoms with Gasteiger partial charge in [0.25, 0.3) is 0 Å². The average Bonchev–Trinajstić information content (AvgIpc) is 2.29. The van der Waals surface area contributed by atoms with Crippen LogP contribution in [0.25, 0.3) is 0 Å². The minimum Gasteiger partial charge on any atom is -0.326 e. The molecule has 6 heteroatoms. The van der Waals surface area contributed by atoms with Crippen molar-refractivity contribution in [2.75, 3.05) is 12.4 Å². The zero-order valence-corrected chi connectivity index (χ0v) is 9.97. The Kier molecular flexibility index (Phi) is 4.03. The van der Waals surface area contributed by atoms with Crippen molar-refractivity contribution in [3.8, 4) is 0 Å². The number of rotatable bonds is 4. The molecule has 0 aliphatic rings. The van der Waals surface area contributed by atoms with Crippen molar-refractivity contribution in [3.63, 3.8) is 0 Å². The van der Waals surface area contributed by atoms with E-state index in [1.807, 2.05) is 0 Å². The molecule has 0 saturated heterocycles. The van der Waals surface area contributed by atoms with Crippen LogP contribution in [0.2, 0.25) is 0 Å². The monoisotopic (exact) mass is 242 g/mol. The number of sulfonamides is 1. The van der Waals surface area contributed by atoms with Crippen molar-refractivity contribution in [2.45, 2.75) is 18.2 Å². The fourth-order valence-corrected chi connectivity index (χ4v) is 1.88. The van der Waals surface area contributed by atoms with E-state index in [4.69, 9.17) is 0 Å². The molecule has 1 aromatic carbocycles. The Hall–Kier alpha value is -1.40. The van der Waals surface area contributed by atoms with Gasteiger partial charge in [0.2, 0.25) is 15.9 Å². The summed E-state index contributed by atoms with van der Waals surface area (Å²) in [5, 5.41) is 2.60. The second kappa shape index (κ2) is 5.09. The largest absolute Gasteiger partial charge is 0.326 e. The number of benzene rings is 1. The second-order valence-corrected chi connectivity index (χ2v) is 5.02. The second-order valence-electron chi connectivity index (χ2n) is 3.14. The Balaban J connectivity index is 3.00. The fraction of sp³-hybridized carbons (Fsp3) is 0.300. The maximum Gasteiger partial charge on any atom is 0.240 e. The number of anilines is 1. The first-order chi connectivity index (χ1) is 7.49. The van der Waals surface area contributed by atoms with E-state index in [9.17, 15) is 13.2 Å². The van der Waals surface area contributed by atoms with Crippen molar-refractivity contribution in [3.05, 3.63) is 24.3 Å². The molecule has 0 unspecified atom stereocenters. The zero-order valence-electron chi connectivity index (χ0n) is 9.15. The van der Waals surface area contributed by atoms with Crippen LogP contribution in [0.15, 0.2) is 29.2 Å². The molecule has 0 radical (unpaired) electrons. The van der Waals surface area contributed by atoms with Crippen molar-refractivity contribution in [1.82, 2.24) is 4.72 Å². The summed E-state index contributed by atoms with van der Waals surface area (Å²) in [4.78, 5) is 11.3. The third-order valence-electron chi connectivity index (χ3n) is 2.02. The van der Waals surface area contributed by atoms with Crippen molar-refractivity contribution in [2.24, 2.45) is 0 Å². The van der Waals surface area contributed by atoms with Crippen molar-refractivity contribution < 1.29 is 13.2 Å². The van der Waals surface area contributed by atoms with E-state index in [0.29, 0.717) is 12.1 Å². The van der Waals surface area contributed by atoms with E-state index in [-0.39, 0.29) is 10.8 Å². The van der Waals surface area contributed by atoms with Gasteiger partial charge in [0.1, 0.15) is 0 Å². The summed E-state index contributed by atoms with van der Waals surface area (Å²) >= 11 is 0. The van der Waals surface area contributed by atoms with Crippen LogP contribution in [0.3, 0.4) is 0 Å². The molecule has 2 N–H and O–H groups in total. The van der Waals surface area contributed by atoms with E-state index in [0.717, 1.165) is 0 Å². The normalized spacial score (nSPS) is 11.1. The lowest BCUT2D eigenvalue weighted by Crippen LogP contribution is -2.19. The van der Waals surface area contributed by atoms with Crippen molar-refractivity contribution in [1.29, 1.82) is 0 Å². The summed E-state index contributed by atoms with van der Waals surface area (Å²) in [5.74, 6) is -0.154. The van der Waals surface area contributed by atoms with Gasteiger partial charge in [-0.25, -0.2) is 13.1 Å². The molecule has 1 aromatic rings. The number of nitrogens with one attached hydrogen (secondary N) is 2. The first-order valence-corrected chi connectivity index (χ1v) is 6.31. The fourth-order valence-electron chi connectivity index (χ4n) is 1.11. The quantitative estimate of drug-likeness (QED) is 0.825. The van der Waals surface area contributed by atoms with Crippen LogP contribution in [0.5, 0.6) is 0 Å². The van der Waals surface area contributed by atoms with E-state index < -0.39 is 10.0 Å². The summed E-state index contributed by atoms with van der Waals surface area (Å²) in [7, 11) is -2.12. The van der Waals surface area contributed by atoms with Crippen LogP contribution < -0.4 is 10.0 Å². The van der Waals surface area contributed by atoms with E-state index in [1.54, 1.807) is 19.1 Å². The third-order valence-corrected chi connectivity index (χ3v) is 3.43. The summed E-state index contributed by atoms with van der Waals surface area (Å²) in [6, 6.07) is 6.10. The lowest BCUT2D eigenvalue weighted by molar-refractivity contribution is -0.115. The van der Waals surface area contributed by atoms with Gasteiger partial charge in [-0.15, -0.1) is 0 Å². The highest BCUT2D eigenvalue weighted by Crippen LogP contribution is 2.15. The van der Waals surface area contributed by atoms with Gasteiger partial charge in [-0.2, -0.15) is 0 Å². The average molecular weight is 242 g/mol. The minimum atomic E-state index is -3.46. The molecule has 16 heavy (non-hydrogen) atoms. The van der Waals surface area contributed by atoms with Gasteiger partial charge >= 0.3 is 0 Å². The number of hydrogen-bond donors (Lipinski definition) is 2. The highest BCUT2D eigenvalue weighted by atomic mass is 32.2. The van der Waals surface area contributed by atoms with Crippen LogP contribution in [-0.4, -0.2) is 21.4 Å². The topological polar surface area (TPSA) is 75.3 Å². The molecule has 1 rings (SSSR count). The van der Waals surface area contributed by atoms with Crippen molar-refractivity contribution >= 4 is 21.6 Å². The summed E-state index contributed by atoms with van der Waals surface area (Å²) in [6.07, 6.45) is 0.350. The van der Waals surface area contributed by atoms with E-state index >= 15 is 0 Å². The van der Waals surface area contributed by atoms with Gasteiger partial charge in [0.15, 0.2) is 0 Å². The number of carbonyl (C=O) groups excluding carboxylic acids is 1. The maximum absolute atomic E-state index is 11.5. The van der Waals surface area contributed by atoms with Crippen LogP contribution in [-0.2, 0) is 14.8 Å². The van der Waals surface area contributed by atoms with Crippen LogP contribution in [0.4, 0.5) is 5.69 Å². The Morgan fingerprint density at radius 1 is 1.38 bits per heavy atom. The zero-order chi connectivity index (χ0) is 12.2. The Bertz CT molecular complexity index is 483. The molecule has 0 aliphatic heterocycles. The number of hydrogen-bond acceptors (Lipinski definition) is 3. The highest BCUT2D eigenvalue weighted by molar-refractivity contribution is 7.89. The Labute approximate surface area is 94.9 Å². The molecule has 0 heterocycles. The Morgan fingerprint density at radius 2 is 2.06 bits per heavy atom. The Morgan fingerprint density at radius 3 is 2.62 bits per heavy atom. The molecule has 0 saturated carbocycles. The van der Waals surface area contributed by atoms with E-state index in [2.05, 4.69) is 10.0 Å². The highest BCUT2D eigenvalue weighted by Gasteiger charge is 2.11. The van der Waals surface area contributed by atoms with Crippen LogP contribution in [0, 0.1) is 0 Å². The maximum atomic E-state index is 11.5. The molecular formula is C10H14N2O3S. The molecule has 0 aromatic heterocycles. The predicted octanol–water partition coefficient (Wildman–Crippen LogP) is 0.943. The van der Waals surface area contributed by atoms with Gasteiger partial charge in [-0.05, 0) is 25.2 Å². The molecule has 0 aliphatic carbocycles. The number of carbonyl (C=O) groups is 1. The SMILES string of the molecule is CCC(=O)Nc1cccc(S(=O)(=O)NC)c1. The first kappa shape index (κ1) is 12.7. The molecule has 0 bridgehead atoms. The number of amides is 1. The summed E-state index contributed by atoms with van der Waals surface area (Å²) < 4.78 is 25.2. The van der Waals surface area contributed by atoms with Crippen LogP contribution in [0.1, 0.15) is 13.3 Å². The summed E-state index contributed by atoms with van der Waals surface area (Å²) in [5.41, 5.74) is 0.475. The minimum absolute atomic E-state index is 0.129.